The summed E-state index contributed by atoms with van der Waals surface area (Å²) in [6.45, 7) is 0. The zero-order valence-corrected chi connectivity index (χ0v) is 15.7. The summed E-state index contributed by atoms with van der Waals surface area (Å²) in [5.41, 5.74) is 3.60. The molecule has 0 radical (unpaired) electrons. The van der Waals surface area contributed by atoms with E-state index in [1.54, 1.807) is 0 Å². The molecule has 0 aliphatic carbocycles. The molecule has 2 heterocycles. The average Bonchev–Trinajstić information content (AvgIpc) is 2.68. The van der Waals surface area contributed by atoms with Crippen molar-refractivity contribution in [2.75, 3.05) is 28.4 Å². The van der Waals surface area contributed by atoms with Gasteiger partial charge in [0.1, 0.15) is 0 Å². The van der Waals surface area contributed by atoms with Crippen molar-refractivity contribution in [1.29, 1.82) is 0 Å². The molecular weight excluding hydrogens is 352 g/mol. The summed E-state index contributed by atoms with van der Waals surface area (Å²) >= 11 is 0. The van der Waals surface area contributed by atoms with E-state index < -0.39 is 0 Å². The first-order valence-corrected chi connectivity index (χ1v) is 8.62. The Bertz CT molecular complexity index is 833. The molecule has 0 saturated heterocycles. The lowest BCUT2D eigenvalue weighted by Crippen LogP contribution is -2.28. The average molecular weight is 374 g/mol. The SMILES string of the molecule is COc1cc2c(c(OC)c1O)[C@@H]1Cc3cc(OC)c(O)c(OC)c3[C@@H](C2)O1. The molecule has 0 spiro atoms. The van der Waals surface area contributed by atoms with Crippen LogP contribution in [-0.4, -0.2) is 38.7 Å². The highest BCUT2D eigenvalue weighted by Crippen LogP contribution is 2.56. The molecule has 144 valence electrons. The molecule has 0 amide bonds. The number of hydrogen-bond acceptors (Lipinski definition) is 7. The summed E-state index contributed by atoms with van der Waals surface area (Å²) < 4.78 is 27.8. The lowest BCUT2D eigenvalue weighted by atomic mass is 9.81. The normalized spacial score (nSPS) is 19.7. The molecule has 0 fully saturated rings. The predicted molar refractivity (Wildman–Crippen MR) is 96.4 cm³/mol. The summed E-state index contributed by atoms with van der Waals surface area (Å²) in [5.74, 6) is 1.38. The zero-order valence-electron chi connectivity index (χ0n) is 15.7. The van der Waals surface area contributed by atoms with Gasteiger partial charge in [0.2, 0.25) is 11.5 Å². The highest BCUT2D eigenvalue weighted by molar-refractivity contribution is 5.64. The number of fused-ring (bicyclic) bond motifs is 6. The molecular formula is C20H22O7. The third-order valence-electron chi connectivity index (χ3n) is 5.32. The van der Waals surface area contributed by atoms with E-state index >= 15 is 0 Å². The summed E-state index contributed by atoms with van der Waals surface area (Å²) in [5, 5.41) is 20.9. The van der Waals surface area contributed by atoms with Gasteiger partial charge in [-0.2, -0.15) is 0 Å². The van der Waals surface area contributed by atoms with E-state index in [0.29, 0.717) is 35.8 Å². The largest absolute Gasteiger partial charge is 0.502 e. The van der Waals surface area contributed by atoms with Crippen molar-refractivity contribution in [2.24, 2.45) is 0 Å². The van der Waals surface area contributed by atoms with E-state index in [4.69, 9.17) is 23.7 Å². The monoisotopic (exact) mass is 374 g/mol. The Kier molecular flexibility index (Phi) is 4.19. The van der Waals surface area contributed by atoms with Gasteiger partial charge in [-0.1, -0.05) is 0 Å². The van der Waals surface area contributed by atoms with Gasteiger partial charge < -0.3 is 33.9 Å². The fraction of sp³-hybridized carbons (Fsp3) is 0.400. The fourth-order valence-electron chi connectivity index (χ4n) is 4.18. The first kappa shape index (κ1) is 17.6. The Hall–Kier alpha value is -2.80. The highest BCUT2D eigenvalue weighted by Gasteiger charge is 2.41. The second kappa shape index (κ2) is 6.42. The Morgan fingerprint density at radius 3 is 1.48 bits per heavy atom. The molecule has 7 heteroatoms. The fourth-order valence-corrected chi connectivity index (χ4v) is 4.18. The van der Waals surface area contributed by atoms with Crippen LogP contribution in [0.5, 0.6) is 34.5 Å². The van der Waals surface area contributed by atoms with E-state index in [2.05, 4.69) is 0 Å². The Morgan fingerprint density at radius 1 is 0.741 bits per heavy atom. The molecule has 0 saturated carbocycles. The van der Waals surface area contributed by atoms with Crippen LogP contribution in [0.25, 0.3) is 0 Å². The molecule has 2 aromatic rings. The lowest BCUT2D eigenvalue weighted by molar-refractivity contribution is -0.0420. The van der Waals surface area contributed by atoms with Crippen molar-refractivity contribution >= 4 is 0 Å². The first-order chi connectivity index (χ1) is 13.0. The molecule has 2 bridgehead atoms. The number of aromatic hydroxyl groups is 2. The first-order valence-electron chi connectivity index (χ1n) is 8.62. The van der Waals surface area contributed by atoms with Crippen molar-refractivity contribution in [3.8, 4) is 34.5 Å². The molecule has 0 unspecified atom stereocenters. The molecule has 4 rings (SSSR count). The molecule has 7 nitrogen and oxygen atoms in total. The van der Waals surface area contributed by atoms with Crippen LogP contribution in [0.1, 0.15) is 34.5 Å². The second-order valence-corrected chi connectivity index (χ2v) is 6.59. The van der Waals surface area contributed by atoms with Crippen LogP contribution in [-0.2, 0) is 17.6 Å². The number of phenols is 2. The molecule has 2 atom stereocenters. The van der Waals surface area contributed by atoms with Gasteiger partial charge in [0.25, 0.3) is 0 Å². The highest BCUT2D eigenvalue weighted by atomic mass is 16.5. The van der Waals surface area contributed by atoms with Crippen molar-refractivity contribution in [2.45, 2.75) is 25.0 Å². The second-order valence-electron chi connectivity index (χ2n) is 6.59. The number of ether oxygens (including phenoxy) is 5. The molecule has 2 N–H and O–H groups in total. The van der Waals surface area contributed by atoms with Crippen LogP contribution in [0.3, 0.4) is 0 Å². The molecule has 2 aliphatic heterocycles. The Balaban J connectivity index is 1.90. The van der Waals surface area contributed by atoms with Crippen molar-refractivity contribution in [1.82, 2.24) is 0 Å². The van der Waals surface area contributed by atoms with Crippen LogP contribution < -0.4 is 18.9 Å². The van der Waals surface area contributed by atoms with Crippen molar-refractivity contribution < 1.29 is 33.9 Å². The Labute approximate surface area is 157 Å². The minimum atomic E-state index is -0.294. The quantitative estimate of drug-likeness (QED) is 0.851. The number of phenolic OH excluding ortho intramolecular Hbond substituents is 2. The number of rotatable bonds is 4. The van der Waals surface area contributed by atoms with Gasteiger partial charge in [-0.05, 0) is 23.3 Å². The maximum absolute atomic E-state index is 10.5. The number of hydrogen-bond donors (Lipinski definition) is 2. The van der Waals surface area contributed by atoms with Gasteiger partial charge >= 0.3 is 0 Å². The molecule has 2 aromatic carbocycles. The van der Waals surface area contributed by atoms with Crippen LogP contribution in [0.4, 0.5) is 0 Å². The summed E-state index contributed by atoms with van der Waals surface area (Å²) in [4.78, 5) is 0. The van der Waals surface area contributed by atoms with E-state index in [0.717, 1.165) is 22.3 Å². The van der Waals surface area contributed by atoms with Gasteiger partial charge in [-0.15, -0.1) is 0 Å². The smallest absolute Gasteiger partial charge is 0.201 e. The van der Waals surface area contributed by atoms with Crippen LogP contribution in [0.15, 0.2) is 12.1 Å². The number of benzene rings is 2. The van der Waals surface area contributed by atoms with Crippen molar-refractivity contribution in [3.63, 3.8) is 0 Å². The summed E-state index contributed by atoms with van der Waals surface area (Å²) in [7, 11) is 6.04. The van der Waals surface area contributed by atoms with Crippen LogP contribution >= 0.6 is 0 Å². The van der Waals surface area contributed by atoms with Gasteiger partial charge in [-0.3, -0.25) is 0 Å². The minimum Gasteiger partial charge on any atom is -0.502 e. The minimum absolute atomic E-state index is 0.0348. The topological polar surface area (TPSA) is 86.6 Å². The van der Waals surface area contributed by atoms with Crippen LogP contribution in [0, 0.1) is 0 Å². The molecule has 27 heavy (non-hydrogen) atoms. The molecule has 2 aliphatic rings. The maximum Gasteiger partial charge on any atom is 0.201 e. The van der Waals surface area contributed by atoms with E-state index in [-0.39, 0.29) is 23.7 Å². The zero-order chi connectivity index (χ0) is 19.3. The van der Waals surface area contributed by atoms with Crippen molar-refractivity contribution in [3.05, 3.63) is 34.4 Å². The van der Waals surface area contributed by atoms with Gasteiger partial charge in [0, 0.05) is 24.0 Å². The lowest BCUT2D eigenvalue weighted by Gasteiger charge is -2.39. The standard InChI is InChI=1S/C20H22O7/c1-23-13-7-9-5-11-16-10(8-14(24-2)18(22)20(16)26-4)6-12(27-11)15(9)19(25-3)17(13)21/h7-8,11-12,21-22H,5-6H2,1-4H3/t11-,12+. The van der Waals surface area contributed by atoms with Gasteiger partial charge in [0.15, 0.2) is 23.0 Å². The summed E-state index contributed by atoms with van der Waals surface area (Å²) in [6, 6.07) is 3.63. The van der Waals surface area contributed by atoms with E-state index in [1.165, 1.54) is 28.4 Å². The predicted octanol–water partition coefficient (Wildman–Crippen LogP) is 3.04. The van der Waals surface area contributed by atoms with E-state index in [9.17, 15) is 10.2 Å². The third kappa shape index (κ3) is 2.45. The van der Waals surface area contributed by atoms with Gasteiger partial charge in [0.05, 0.1) is 40.6 Å². The number of methoxy groups -OCH3 is 4. The van der Waals surface area contributed by atoms with E-state index in [1.807, 2.05) is 12.1 Å². The summed E-state index contributed by atoms with van der Waals surface area (Å²) in [6.07, 6.45) is 0.482. The Morgan fingerprint density at radius 2 is 1.15 bits per heavy atom. The van der Waals surface area contributed by atoms with Crippen LogP contribution in [0.2, 0.25) is 0 Å². The maximum atomic E-state index is 10.5. The molecule has 0 aromatic heterocycles. The van der Waals surface area contributed by atoms with Gasteiger partial charge in [-0.25, -0.2) is 0 Å². The third-order valence-corrected chi connectivity index (χ3v) is 5.32.